The summed E-state index contributed by atoms with van der Waals surface area (Å²) < 4.78 is 3.05. The molecule has 2 rings (SSSR count). The number of hydrogen-bond donors (Lipinski definition) is 1. The molecule has 1 aromatic heterocycles. The van der Waals surface area contributed by atoms with E-state index in [1.807, 2.05) is 18.8 Å². The van der Waals surface area contributed by atoms with E-state index in [1.54, 1.807) is 0 Å². The van der Waals surface area contributed by atoms with Crippen molar-refractivity contribution in [3.8, 4) is 0 Å². The zero-order valence-electron chi connectivity index (χ0n) is 12.9. The van der Waals surface area contributed by atoms with Gasteiger partial charge in [-0.05, 0) is 31.5 Å². The number of benzene rings is 1. The van der Waals surface area contributed by atoms with Crippen LogP contribution in [0.4, 0.5) is 0 Å². The molecule has 1 aromatic carbocycles. The van der Waals surface area contributed by atoms with Crippen LogP contribution in [0.3, 0.4) is 0 Å². The van der Waals surface area contributed by atoms with E-state index in [9.17, 15) is 0 Å². The molecule has 0 saturated carbocycles. The van der Waals surface area contributed by atoms with Crippen LogP contribution < -0.4 is 5.32 Å². The van der Waals surface area contributed by atoms with Crippen molar-refractivity contribution in [1.82, 2.24) is 15.1 Å². The van der Waals surface area contributed by atoms with Gasteiger partial charge in [0.2, 0.25) is 0 Å². The van der Waals surface area contributed by atoms with Crippen LogP contribution in [0.2, 0.25) is 5.02 Å². The van der Waals surface area contributed by atoms with Crippen molar-refractivity contribution >= 4 is 27.5 Å². The van der Waals surface area contributed by atoms with E-state index in [4.69, 9.17) is 11.6 Å². The topological polar surface area (TPSA) is 29.9 Å². The molecule has 5 heteroatoms. The molecule has 0 radical (unpaired) electrons. The number of rotatable bonds is 5. The summed E-state index contributed by atoms with van der Waals surface area (Å²) in [4.78, 5) is 0. The molecule has 0 fully saturated rings. The van der Waals surface area contributed by atoms with Crippen LogP contribution in [-0.4, -0.2) is 16.8 Å². The molecule has 114 valence electrons. The fourth-order valence-corrected chi connectivity index (χ4v) is 3.45. The highest BCUT2D eigenvalue weighted by atomic mass is 79.9. The number of hydrogen-bond acceptors (Lipinski definition) is 2. The van der Waals surface area contributed by atoms with Gasteiger partial charge in [-0.2, -0.15) is 5.10 Å². The van der Waals surface area contributed by atoms with Crippen molar-refractivity contribution in [2.45, 2.75) is 32.7 Å². The molecule has 0 saturated heterocycles. The molecule has 0 bridgehead atoms. The predicted molar refractivity (Wildman–Crippen MR) is 92.0 cm³/mol. The zero-order valence-corrected chi connectivity index (χ0v) is 15.2. The number of nitrogens with one attached hydrogen (secondary N) is 1. The summed E-state index contributed by atoms with van der Waals surface area (Å²) in [6.07, 6.45) is 1.66. The third kappa shape index (κ3) is 3.33. The van der Waals surface area contributed by atoms with E-state index < -0.39 is 0 Å². The molecule has 0 spiro atoms. The second-order valence-corrected chi connectivity index (χ2v) is 6.38. The van der Waals surface area contributed by atoms with Crippen LogP contribution in [0.1, 0.15) is 35.5 Å². The van der Waals surface area contributed by atoms with E-state index in [0.717, 1.165) is 33.7 Å². The summed E-state index contributed by atoms with van der Waals surface area (Å²) in [5.41, 5.74) is 4.51. The maximum absolute atomic E-state index is 6.47. The Labute approximate surface area is 139 Å². The molecule has 3 nitrogen and oxygen atoms in total. The first-order valence-electron chi connectivity index (χ1n) is 7.12. The van der Waals surface area contributed by atoms with E-state index in [1.165, 1.54) is 11.1 Å². The monoisotopic (exact) mass is 369 g/mol. The molecule has 21 heavy (non-hydrogen) atoms. The number of aryl methyl sites for hydroxylation is 3. The van der Waals surface area contributed by atoms with E-state index in [2.05, 4.69) is 58.4 Å². The minimum Gasteiger partial charge on any atom is -0.313 e. The zero-order chi connectivity index (χ0) is 15.6. The van der Waals surface area contributed by atoms with Crippen molar-refractivity contribution in [1.29, 1.82) is 0 Å². The van der Waals surface area contributed by atoms with Gasteiger partial charge in [0.15, 0.2) is 0 Å². The Bertz CT molecular complexity index is 637. The Morgan fingerprint density at radius 2 is 2.14 bits per heavy atom. The van der Waals surface area contributed by atoms with Gasteiger partial charge in [-0.25, -0.2) is 0 Å². The second-order valence-electron chi connectivity index (χ2n) is 5.21. The Hall–Kier alpha value is -0.840. The van der Waals surface area contributed by atoms with Crippen molar-refractivity contribution in [3.63, 3.8) is 0 Å². The third-order valence-corrected chi connectivity index (χ3v) is 5.37. The van der Waals surface area contributed by atoms with Gasteiger partial charge < -0.3 is 5.32 Å². The van der Waals surface area contributed by atoms with Crippen LogP contribution in [0.15, 0.2) is 22.7 Å². The highest BCUT2D eigenvalue weighted by Gasteiger charge is 2.20. The highest BCUT2D eigenvalue weighted by Crippen LogP contribution is 2.31. The lowest BCUT2D eigenvalue weighted by molar-refractivity contribution is 0.559. The minimum atomic E-state index is 0.192. The average molecular weight is 371 g/mol. The summed E-state index contributed by atoms with van der Waals surface area (Å²) in [5.74, 6) is 0. The van der Waals surface area contributed by atoms with Crippen molar-refractivity contribution in [3.05, 3.63) is 50.2 Å². The molecule has 0 aliphatic rings. The second kappa shape index (κ2) is 6.95. The first-order valence-corrected chi connectivity index (χ1v) is 8.29. The summed E-state index contributed by atoms with van der Waals surface area (Å²) in [6, 6.07) is 6.52. The Morgan fingerprint density at radius 3 is 2.71 bits per heavy atom. The molecule has 0 aliphatic carbocycles. The van der Waals surface area contributed by atoms with Crippen LogP contribution in [0, 0.1) is 6.92 Å². The van der Waals surface area contributed by atoms with Crippen molar-refractivity contribution in [2.75, 3.05) is 7.05 Å². The molecule has 1 unspecified atom stereocenters. The fourth-order valence-electron chi connectivity index (χ4n) is 2.54. The number of likely N-dealkylation sites (N-methyl/N-ethyl adjacent to an activating group) is 1. The van der Waals surface area contributed by atoms with Crippen LogP contribution in [-0.2, 0) is 19.9 Å². The first-order chi connectivity index (χ1) is 9.99. The Kier molecular flexibility index (Phi) is 5.47. The molecule has 1 heterocycles. The van der Waals surface area contributed by atoms with Gasteiger partial charge in [-0.3, -0.25) is 4.68 Å². The van der Waals surface area contributed by atoms with Gasteiger partial charge in [-0.15, -0.1) is 0 Å². The summed E-state index contributed by atoms with van der Waals surface area (Å²) >= 11 is 10.2. The maximum atomic E-state index is 6.47. The van der Waals surface area contributed by atoms with Gasteiger partial charge in [0.25, 0.3) is 0 Å². The lowest BCUT2D eigenvalue weighted by Gasteiger charge is -2.19. The number of nitrogens with zero attached hydrogens (tertiary/aromatic N) is 2. The maximum Gasteiger partial charge on any atom is 0.0850 e. The third-order valence-electron chi connectivity index (χ3n) is 3.85. The fraction of sp³-hybridized carbons (Fsp3) is 0.438. The average Bonchev–Trinajstić information content (AvgIpc) is 2.74. The standard InChI is InChI=1S/C16H21BrClN3/c1-5-12-16(18)14(21(4)20-12)9-13(19-3)11-8-6-7-10(2)15(11)17/h6-8,13,19H,5,9H2,1-4H3. The van der Waals surface area contributed by atoms with Crippen molar-refractivity contribution in [2.24, 2.45) is 7.05 Å². The lowest BCUT2D eigenvalue weighted by Crippen LogP contribution is -2.21. The van der Waals surface area contributed by atoms with Crippen LogP contribution in [0.5, 0.6) is 0 Å². The van der Waals surface area contributed by atoms with E-state index >= 15 is 0 Å². The summed E-state index contributed by atoms with van der Waals surface area (Å²) in [6.45, 7) is 4.18. The minimum absolute atomic E-state index is 0.192. The summed E-state index contributed by atoms with van der Waals surface area (Å²) in [7, 11) is 3.93. The molecule has 2 aromatic rings. The molecular formula is C16H21BrClN3. The molecule has 1 atom stereocenters. The van der Waals surface area contributed by atoms with Gasteiger partial charge >= 0.3 is 0 Å². The van der Waals surface area contributed by atoms with E-state index in [-0.39, 0.29) is 6.04 Å². The molecule has 0 aliphatic heterocycles. The molecular weight excluding hydrogens is 350 g/mol. The van der Waals surface area contributed by atoms with Crippen molar-refractivity contribution < 1.29 is 0 Å². The number of halogens is 2. The van der Waals surface area contributed by atoms with E-state index in [0.29, 0.717) is 0 Å². The van der Waals surface area contributed by atoms with Crippen LogP contribution in [0.25, 0.3) is 0 Å². The quantitative estimate of drug-likeness (QED) is 0.854. The lowest BCUT2D eigenvalue weighted by atomic mass is 10.00. The predicted octanol–water partition coefficient (Wildman–Crippen LogP) is 4.21. The SMILES string of the molecule is CCc1nn(C)c(CC(NC)c2cccc(C)c2Br)c1Cl. The highest BCUT2D eigenvalue weighted by molar-refractivity contribution is 9.10. The van der Waals surface area contributed by atoms with Gasteiger partial charge in [-0.1, -0.05) is 52.7 Å². The van der Waals surface area contributed by atoms with Crippen LogP contribution >= 0.6 is 27.5 Å². The molecule has 0 amide bonds. The van der Waals surface area contributed by atoms with Gasteiger partial charge in [0.05, 0.1) is 16.4 Å². The largest absolute Gasteiger partial charge is 0.313 e. The van der Waals surface area contributed by atoms with Gasteiger partial charge in [0, 0.05) is 24.0 Å². The first kappa shape index (κ1) is 16.5. The summed E-state index contributed by atoms with van der Waals surface area (Å²) in [5, 5.41) is 8.68. The molecule has 1 N–H and O–H groups in total. The Morgan fingerprint density at radius 1 is 1.43 bits per heavy atom. The normalized spacial score (nSPS) is 12.7. The Balaban J connectivity index is 2.36. The number of aromatic nitrogens is 2. The smallest absolute Gasteiger partial charge is 0.0850 e. The van der Waals surface area contributed by atoms with Gasteiger partial charge in [0.1, 0.15) is 0 Å².